The monoisotopic (exact) mass is 413 g/mol. The molecular weight excluding hydrogens is 397 g/mol. The van der Waals surface area contributed by atoms with Gasteiger partial charge >= 0.3 is 5.97 Å². The van der Waals surface area contributed by atoms with Crippen LogP contribution in [0.5, 0.6) is 11.5 Å². The Bertz CT molecular complexity index is 801. The van der Waals surface area contributed by atoms with Gasteiger partial charge in [-0.05, 0) is 35.4 Å². The van der Waals surface area contributed by atoms with Crippen molar-refractivity contribution in [3.8, 4) is 11.5 Å². The van der Waals surface area contributed by atoms with E-state index in [1.165, 1.54) is 11.8 Å². The second kappa shape index (κ2) is 8.39. The molecule has 3 rings (SSSR count). The molecule has 0 unspecified atom stereocenters. The van der Waals surface area contributed by atoms with Gasteiger partial charge in [0.2, 0.25) is 0 Å². The fraction of sp³-hybridized carbons (Fsp3) is 0.278. The van der Waals surface area contributed by atoms with E-state index < -0.39 is 12.0 Å². The van der Waals surface area contributed by atoms with Gasteiger partial charge in [-0.3, -0.25) is 10.1 Å². The highest BCUT2D eigenvalue weighted by Crippen LogP contribution is 2.42. The highest BCUT2D eigenvalue weighted by Gasteiger charge is 2.31. The summed E-state index contributed by atoms with van der Waals surface area (Å²) >= 11 is 13.8. The van der Waals surface area contributed by atoms with Crippen molar-refractivity contribution < 1.29 is 19.4 Å². The number of carboxylic acid groups (broad SMARTS) is 1. The number of hydrogen-bond donors (Lipinski definition) is 2. The molecule has 2 atom stereocenters. The molecule has 1 aliphatic heterocycles. The van der Waals surface area contributed by atoms with Gasteiger partial charge < -0.3 is 14.6 Å². The van der Waals surface area contributed by atoms with Crippen molar-refractivity contribution in [1.29, 1.82) is 0 Å². The molecule has 0 saturated carbocycles. The number of methoxy groups -OCH3 is 1. The van der Waals surface area contributed by atoms with Crippen LogP contribution < -0.4 is 14.8 Å². The zero-order valence-corrected chi connectivity index (χ0v) is 16.2. The first-order chi connectivity index (χ1) is 12.5. The summed E-state index contributed by atoms with van der Waals surface area (Å²) in [7, 11) is 1.54. The number of halogens is 2. The Balaban J connectivity index is 1.77. The number of rotatable bonds is 6. The summed E-state index contributed by atoms with van der Waals surface area (Å²) in [5.41, 5.74) is 1.80. The number of benzene rings is 2. The van der Waals surface area contributed by atoms with E-state index in [1.807, 2.05) is 18.2 Å². The summed E-state index contributed by atoms with van der Waals surface area (Å²) in [6.45, 7) is 0.324. The lowest BCUT2D eigenvalue weighted by Crippen LogP contribution is -2.33. The van der Waals surface area contributed by atoms with Crippen molar-refractivity contribution in [2.24, 2.45) is 0 Å². The molecule has 2 N–H and O–H groups in total. The highest BCUT2D eigenvalue weighted by atomic mass is 35.5. The molecule has 8 heteroatoms. The maximum atomic E-state index is 11.1. The number of ether oxygens (including phenoxy) is 2. The number of thioether (sulfide) groups is 1. The second-order valence-electron chi connectivity index (χ2n) is 5.72. The molecule has 1 saturated heterocycles. The predicted octanol–water partition coefficient (Wildman–Crippen LogP) is 4.37. The summed E-state index contributed by atoms with van der Waals surface area (Å²) in [5.74, 6) is 0.587. The van der Waals surface area contributed by atoms with Crippen LogP contribution in [0.1, 0.15) is 16.5 Å². The zero-order chi connectivity index (χ0) is 18.7. The summed E-state index contributed by atoms with van der Waals surface area (Å²) in [5, 5.41) is 13.1. The molecule has 2 aromatic carbocycles. The van der Waals surface area contributed by atoms with Crippen LogP contribution in [0.15, 0.2) is 36.4 Å². The largest absolute Gasteiger partial charge is 0.493 e. The van der Waals surface area contributed by atoms with E-state index in [1.54, 1.807) is 25.3 Å². The van der Waals surface area contributed by atoms with Crippen LogP contribution in [0.4, 0.5) is 0 Å². The van der Waals surface area contributed by atoms with Crippen LogP contribution >= 0.6 is 35.0 Å². The van der Waals surface area contributed by atoms with Gasteiger partial charge in [-0.25, -0.2) is 0 Å². The minimum absolute atomic E-state index is 0.159. The Morgan fingerprint density at radius 2 is 2.04 bits per heavy atom. The highest BCUT2D eigenvalue weighted by molar-refractivity contribution is 7.99. The van der Waals surface area contributed by atoms with Crippen molar-refractivity contribution in [2.45, 2.75) is 18.0 Å². The molecule has 1 heterocycles. The molecule has 1 fully saturated rings. The fourth-order valence-corrected chi connectivity index (χ4v) is 4.19. The first-order valence-corrected chi connectivity index (χ1v) is 9.63. The Morgan fingerprint density at radius 3 is 2.65 bits per heavy atom. The molecule has 0 aliphatic carbocycles. The fourth-order valence-electron chi connectivity index (χ4n) is 2.57. The molecule has 0 amide bonds. The van der Waals surface area contributed by atoms with Crippen LogP contribution in [-0.4, -0.2) is 30.0 Å². The second-order valence-corrected chi connectivity index (χ2v) is 7.70. The van der Waals surface area contributed by atoms with E-state index in [4.69, 9.17) is 37.8 Å². The zero-order valence-electron chi connectivity index (χ0n) is 13.9. The van der Waals surface area contributed by atoms with Gasteiger partial charge in [0.15, 0.2) is 11.5 Å². The molecule has 26 heavy (non-hydrogen) atoms. The summed E-state index contributed by atoms with van der Waals surface area (Å²) in [6, 6.07) is 10.4. The molecule has 2 aromatic rings. The van der Waals surface area contributed by atoms with Gasteiger partial charge in [-0.2, -0.15) is 0 Å². The van der Waals surface area contributed by atoms with Gasteiger partial charge in [0, 0.05) is 10.8 Å². The first-order valence-electron chi connectivity index (χ1n) is 7.83. The maximum Gasteiger partial charge on any atom is 0.321 e. The van der Waals surface area contributed by atoms with Crippen LogP contribution in [-0.2, 0) is 11.4 Å². The molecule has 1 aliphatic rings. The van der Waals surface area contributed by atoms with Crippen LogP contribution in [0.2, 0.25) is 10.0 Å². The van der Waals surface area contributed by atoms with E-state index in [0.29, 0.717) is 33.9 Å². The van der Waals surface area contributed by atoms with Crippen molar-refractivity contribution in [3.05, 3.63) is 57.6 Å². The standard InChI is InChI=1S/C18H17Cl2NO4S/c1-24-15-7-11(17-21-14(9-26-17)18(22)23)6-13(20)16(15)25-8-10-2-4-12(19)5-3-10/h2-7,14,17,21H,8-9H2,1H3,(H,22,23)/t14-,17+/m0/s1. The Kier molecular flexibility index (Phi) is 6.19. The van der Waals surface area contributed by atoms with E-state index in [0.717, 1.165) is 11.1 Å². The number of carboxylic acids is 1. The molecule has 0 bridgehead atoms. The van der Waals surface area contributed by atoms with E-state index in [9.17, 15) is 4.79 Å². The van der Waals surface area contributed by atoms with Crippen molar-refractivity contribution >= 4 is 40.9 Å². The predicted molar refractivity (Wildman–Crippen MR) is 104 cm³/mol. The average molecular weight is 414 g/mol. The van der Waals surface area contributed by atoms with Crippen LogP contribution in [0.25, 0.3) is 0 Å². The number of aliphatic carboxylic acids is 1. The molecule has 0 radical (unpaired) electrons. The third kappa shape index (κ3) is 4.38. The Labute approximate surface area is 165 Å². The third-order valence-corrected chi connectivity index (χ3v) is 5.73. The lowest BCUT2D eigenvalue weighted by atomic mass is 10.1. The molecule has 0 aromatic heterocycles. The molecule has 0 spiro atoms. The van der Waals surface area contributed by atoms with Crippen molar-refractivity contribution in [2.75, 3.05) is 12.9 Å². The lowest BCUT2D eigenvalue weighted by molar-refractivity contribution is -0.138. The van der Waals surface area contributed by atoms with E-state index in [-0.39, 0.29) is 5.37 Å². The minimum Gasteiger partial charge on any atom is -0.493 e. The SMILES string of the molecule is COc1cc([C@@H]2N[C@H](C(=O)O)CS2)cc(Cl)c1OCc1ccc(Cl)cc1. The lowest BCUT2D eigenvalue weighted by Gasteiger charge is -2.17. The molecule has 5 nitrogen and oxygen atoms in total. The van der Waals surface area contributed by atoms with E-state index >= 15 is 0 Å². The normalized spacial score (nSPS) is 19.3. The maximum absolute atomic E-state index is 11.1. The van der Waals surface area contributed by atoms with E-state index in [2.05, 4.69) is 5.32 Å². The number of carbonyl (C=O) groups is 1. The molecule has 138 valence electrons. The van der Waals surface area contributed by atoms with Crippen molar-refractivity contribution in [3.63, 3.8) is 0 Å². The van der Waals surface area contributed by atoms with Crippen molar-refractivity contribution in [1.82, 2.24) is 5.32 Å². The van der Waals surface area contributed by atoms with Gasteiger partial charge in [-0.15, -0.1) is 11.8 Å². The smallest absolute Gasteiger partial charge is 0.321 e. The minimum atomic E-state index is -0.860. The Hall–Kier alpha value is -1.60. The van der Waals surface area contributed by atoms with Gasteiger partial charge in [-0.1, -0.05) is 35.3 Å². The quantitative estimate of drug-likeness (QED) is 0.732. The third-order valence-electron chi connectivity index (χ3n) is 3.93. The van der Waals surface area contributed by atoms with Crippen LogP contribution in [0.3, 0.4) is 0 Å². The Morgan fingerprint density at radius 1 is 1.31 bits per heavy atom. The number of nitrogens with one attached hydrogen (secondary N) is 1. The summed E-state index contributed by atoms with van der Waals surface area (Å²) in [6.07, 6.45) is 0. The summed E-state index contributed by atoms with van der Waals surface area (Å²) < 4.78 is 11.3. The van der Waals surface area contributed by atoms with Gasteiger partial charge in [0.1, 0.15) is 12.6 Å². The molecular formula is C18H17Cl2NO4S. The van der Waals surface area contributed by atoms with Crippen LogP contribution in [0, 0.1) is 0 Å². The topological polar surface area (TPSA) is 67.8 Å². The first kappa shape index (κ1) is 19.2. The van der Waals surface area contributed by atoms with Gasteiger partial charge in [0.25, 0.3) is 0 Å². The summed E-state index contributed by atoms with van der Waals surface area (Å²) in [4.78, 5) is 11.1. The number of hydrogen-bond acceptors (Lipinski definition) is 5. The van der Waals surface area contributed by atoms with Gasteiger partial charge in [0.05, 0.1) is 17.5 Å². The average Bonchev–Trinajstić information content (AvgIpc) is 3.12.